The van der Waals surface area contributed by atoms with Crippen molar-refractivity contribution < 1.29 is 23.8 Å². The van der Waals surface area contributed by atoms with Gasteiger partial charge in [-0.1, -0.05) is 66.7 Å². The van der Waals surface area contributed by atoms with Gasteiger partial charge in [-0.05, 0) is 54.0 Å². The molecule has 2 amide bonds. The first kappa shape index (κ1) is 30.2. The summed E-state index contributed by atoms with van der Waals surface area (Å²) >= 11 is 0. The number of benzene rings is 4. The van der Waals surface area contributed by atoms with E-state index in [1.54, 1.807) is 24.1 Å². The summed E-state index contributed by atoms with van der Waals surface area (Å²) in [5, 5.41) is 7.62. The molecule has 1 atom stereocenters. The van der Waals surface area contributed by atoms with Gasteiger partial charge < -0.3 is 24.4 Å². The lowest BCUT2D eigenvalue weighted by Crippen LogP contribution is -2.46. The SMILES string of the molecule is COc1ccccc1CN(CC(CC1=C[N]c2ccccc21)NC(=O)COc1ccc(OCc2ccccc2)cc1)C(C)=O. The molecule has 0 saturated carbocycles. The van der Waals surface area contributed by atoms with Crippen molar-refractivity contribution in [3.63, 3.8) is 0 Å². The van der Waals surface area contributed by atoms with Crippen molar-refractivity contribution in [3.05, 3.63) is 126 Å². The van der Waals surface area contributed by atoms with E-state index in [2.05, 4.69) is 10.6 Å². The van der Waals surface area contributed by atoms with E-state index in [0.29, 0.717) is 43.4 Å². The number of rotatable bonds is 14. The van der Waals surface area contributed by atoms with Crippen molar-refractivity contribution in [1.82, 2.24) is 15.5 Å². The molecule has 225 valence electrons. The van der Waals surface area contributed by atoms with E-state index in [9.17, 15) is 9.59 Å². The van der Waals surface area contributed by atoms with Crippen molar-refractivity contribution in [3.8, 4) is 17.2 Å². The zero-order valence-electron chi connectivity index (χ0n) is 24.9. The maximum Gasteiger partial charge on any atom is 0.258 e. The van der Waals surface area contributed by atoms with Gasteiger partial charge >= 0.3 is 0 Å². The maximum absolute atomic E-state index is 13.2. The summed E-state index contributed by atoms with van der Waals surface area (Å²) in [6, 6.07) is 32.2. The Kier molecular flexibility index (Phi) is 10.2. The summed E-state index contributed by atoms with van der Waals surface area (Å²) in [5.41, 5.74) is 4.88. The van der Waals surface area contributed by atoms with Gasteiger partial charge in [0, 0.05) is 37.3 Å². The fourth-order valence-electron chi connectivity index (χ4n) is 5.06. The van der Waals surface area contributed by atoms with Crippen LogP contribution in [0.25, 0.3) is 5.57 Å². The van der Waals surface area contributed by atoms with Crippen molar-refractivity contribution in [2.45, 2.75) is 32.5 Å². The number of carbonyl (C=O) groups excluding carboxylic acids is 2. The predicted molar refractivity (Wildman–Crippen MR) is 170 cm³/mol. The zero-order valence-corrected chi connectivity index (χ0v) is 24.9. The molecule has 0 aromatic heterocycles. The quantitative estimate of drug-likeness (QED) is 0.199. The monoisotopic (exact) mass is 590 g/mol. The molecule has 0 fully saturated rings. The number of amides is 2. The topological polar surface area (TPSA) is 91.2 Å². The fourth-order valence-corrected chi connectivity index (χ4v) is 5.06. The van der Waals surface area contributed by atoms with Gasteiger partial charge in [-0.2, -0.15) is 0 Å². The number of hydrogen-bond acceptors (Lipinski definition) is 5. The first-order valence-corrected chi connectivity index (χ1v) is 14.5. The summed E-state index contributed by atoms with van der Waals surface area (Å²) < 4.78 is 17.1. The van der Waals surface area contributed by atoms with E-state index in [1.807, 2.05) is 97.2 Å². The Morgan fingerprint density at radius 3 is 2.27 bits per heavy atom. The van der Waals surface area contributed by atoms with Crippen molar-refractivity contribution in [2.24, 2.45) is 0 Å². The molecule has 0 aliphatic carbocycles. The fraction of sp³-hybridized carbons (Fsp3) is 0.222. The van der Waals surface area contributed by atoms with Crippen LogP contribution in [0.1, 0.15) is 30.0 Å². The number of methoxy groups -OCH3 is 1. The highest BCUT2D eigenvalue weighted by atomic mass is 16.5. The molecule has 44 heavy (non-hydrogen) atoms. The molecular formula is C36H36N3O5. The average molecular weight is 591 g/mol. The van der Waals surface area contributed by atoms with Crippen LogP contribution in [-0.4, -0.2) is 43.0 Å². The summed E-state index contributed by atoms with van der Waals surface area (Å²) in [4.78, 5) is 27.6. The Morgan fingerprint density at radius 2 is 1.52 bits per heavy atom. The third kappa shape index (κ3) is 8.19. The largest absolute Gasteiger partial charge is 0.496 e. The smallest absolute Gasteiger partial charge is 0.258 e. The number of ether oxygens (including phenoxy) is 3. The van der Waals surface area contributed by atoms with Gasteiger partial charge in [-0.25, -0.2) is 0 Å². The number of carbonyl (C=O) groups is 2. The van der Waals surface area contributed by atoms with E-state index in [4.69, 9.17) is 14.2 Å². The van der Waals surface area contributed by atoms with Crippen molar-refractivity contribution in [1.29, 1.82) is 0 Å². The van der Waals surface area contributed by atoms with Crippen molar-refractivity contribution >= 4 is 23.1 Å². The van der Waals surface area contributed by atoms with E-state index in [1.165, 1.54) is 6.92 Å². The number of hydrogen-bond donors (Lipinski definition) is 1. The molecule has 1 unspecified atom stereocenters. The normalized spacial score (nSPS) is 12.3. The minimum Gasteiger partial charge on any atom is -0.496 e. The number of nitrogens with zero attached hydrogens (tertiary/aromatic N) is 2. The maximum atomic E-state index is 13.2. The number of para-hydroxylation sites is 2. The lowest BCUT2D eigenvalue weighted by Gasteiger charge is -2.28. The number of nitrogens with one attached hydrogen (secondary N) is 1. The molecule has 1 N–H and O–H groups in total. The molecule has 5 rings (SSSR count). The zero-order chi connectivity index (χ0) is 30.7. The Morgan fingerprint density at radius 1 is 0.841 bits per heavy atom. The Hall–Kier alpha value is -5.24. The van der Waals surface area contributed by atoms with Gasteiger partial charge in [0.2, 0.25) is 5.91 Å². The molecule has 4 aromatic carbocycles. The highest BCUT2D eigenvalue weighted by Crippen LogP contribution is 2.33. The lowest BCUT2D eigenvalue weighted by molar-refractivity contribution is -0.131. The Labute approximate surface area is 258 Å². The van der Waals surface area contributed by atoms with Crippen LogP contribution in [0.5, 0.6) is 17.2 Å². The molecule has 0 saturated heterocycles. The molecule has 8 heteroatoms. The average Bonchev–Trinajstić information content (AvgIpc) is 3.46. The Balaban J connectivity index is 1.23. The van der Waals surface area contributed by atoms with Gasteiger partial charge in [0.15, 0.2) is 6.61 Å². The van der Waals surface area contributed by atoms with Gasteiger partial charge in [0.05, 0.1) is 18.8 Å². The van der Waals surface area contributed by atoms with Gasteiger partial charge in [-0.3, -0.25) is 14.9 Å². The molecule has 1 aliphatic rings. The first-order chi connectivity index (χ1) is 21.5. The van der Waals surface area contributed by atoms with Gasteiger partial charge in [-0.15, -0.1) is 0 Å². The van der Waals surface area contributed by atoms with Crippen LogP contribution in [0.4, 0.5) is 5.69 Å². The first-order valence-electron chi connectivity index (χ1n) is 14.5. The molecule has 4 aromatic rings. The third-order valence-electron chi connectivity index (χ3n) is 7.32. The van der Waals surface area contributed by atoms with Crippen LogP contribution in [-0.2, 0) is 22.7 Å². The van der Waals surface area contributed by atoms with Crippen LogP contribution in [0, 0.1) is 0 Å². The highest BCUT2D eigenvalue weighted by molar-refractivity contribution is 5.81. The molecule has 0 spiro atoms. The summed E-state index contributed by atoms with van der Waals surface area (Å²) in [6.07, 6.45) is 2.33. The van der Waals surface area contributed by atoms with Crippen LogP contribution >= 0.6 is 0 Å². The molecule has 1 radical (unpaired) electrons. The van der Waals surface area contributed by atoms with Crippen LogP contribution in [0.2, 0.25) is 0 Å². The highest BCUT2D eigenvalue weighted by Gasteiger charge is 2.24. The predicted octanol–water partition coefficient (Wildman–Crippen LogP) is 5.87. The van der Waals surface area contributed by atoms with E-state index in [-0.39, 0.29) is 24.5 Å². The summed E-state index contributed by atoms with van der Waals surface area (Å²) in [5.74, 6) is 1.57. The molecule has 8 nitrogen and oxygen atoms in total. The second-order valence-corrected chi connectivity index (χ2v) is 10.5. The molecule has 1 heterocycles. The van der Waals surface area contributed by atoms with Crippen LogP contribution in [0.15, 0.2) is 109 Å². The summed E-state index contributed by atoms with van der Waals surface area (Å²) in [7, 11) is 1.61. The van der Waals surface area contributed by atoms with Crippen LogP contribution in [0.3, 0.4) is 0 Å². The standard InChI is InChI=1S/C36H36N3O5/c1-26(40)39(22-28-12-6-9-15-35(28)42-2)23-30(20-29-21-37-34-14-8-7-13-33(29)34)38-36(41)25-44-32-18-16-31(17-19-32)43-24-27-10-4-3-5-11-27/h3-19,21,30H,20,22-25H2,1-2H3,(H,38,41). The van der Waals surface area contributed by atoms with E-state index >= 15 is 0 Å². The molecule has 1 aliphatic heterocycles. The third-order valence-corrected chi connectivity index (χ3v) is 7.32. The minimum atomic E-state index is -0.383. The van der Waals surface area contributed by atoms with E-state index in [0.717, 1.165) is 28.0 Å². The second kappa shape index (κ2) is 14.8. The van der Waals surface area contributed by atoms with E-state index < -0.39 is 0 Å². The summed E-state index contributed by atoms with van der Waals surface area (Å²) in [6.45, 7) is 2.47. The van der Waals surface area contributed by atoms with Crippen LogP contribution < -0.4 is 24.8 Å². The van der Waals surface area contributed by atoms with Gasteiger partial charge in [0.25, 0.3) is 5.91 Å². The molecular weight excluding hydrogens is 554 g/mol. The van der Waals surface area contributed by atoms with Crippen molar-refractivity contribution in [2.75, 3.05) is 20.3 Å². The molecule has 0 bridgehead atoms. The second-order valence-electron chi connectivity index (χ2n) is 10.5. The minimum absolute atomic E-state index is 0.105. The lowest BCUT2D eigenvalue weighted by atomic mass is 9.99. The van der Waals surface area contributed by atoms with Gasteiger partial charge in [0.1, 0.15) is 23.9 Å². The number of fused-ring (bicyclic) bond motifs is 1. The Bertz CT molecular complexity index is 1590.